The minimum atomic E-state index is 0.491. The van der Waals surface area contributed by atoms with Crippen LogP contribution in [0.5, 0.6) is 0 Å². The van der Waals surface area contributed by atoms with Gasteiger partial charge in [0, 0.05) is 7.05 Å². The number of aromatic nitrogens is 1. The Balaban J connectivity index is 2.26. The average molecular weight is 259 g/mol. The van der Waals surface area contributed by atoms with Crippen molar-refractivity contribution >= 4 is 28.9 Å². The maximum atomic E-state index is 8.76. The third-order valence-electron chi connectivity index (χ3n) is 2.37. The van der Waals surface area contributed by atoms with E-state index in [0.717, 1.165) is 11.5 Å². The van der Waals surface area contributed by atoms with Crippen LogP contribution in [-0.2, 0) is 0 Å². The van der Waals surface area contributed by atoms with E-state index in [2.05, 4.69) is 15.6 Å². The highest BCUT2D eigenvalue weighted by molar-refractivity contribution is 6.33. The fraction of sp³-hybridized carbons (Fsp3) is 0.0769. The van der Waals surface area contributed by atoms with Crippen LogP contribution in [0.4, 0.5) is 17.3 Å². The molecule has 1 aromatic heterocycles. The highest BCUT2D eigenvalue weighted by atomic mass is 35.5. The molecule has 90 valence electrons. The van der Waals surface area contributed by atoms with Crippen molar-refractivity contribution in [2.45, 2.75) is 0 Å². The zero-order valence-corrected chi connectivity index (χ0v) is 10.5. The summed E-state index contributed by atoms with van der Waals surface area (Å²) in [7, 11) is 1.81. The Bertz CT molecular complexity index is 604. The summed E-state index contributed by atoms with van der Waals surface area (Å²) in [4.78, 5) is 4.32. The minimum absolute atomic E-state index is 0.491. The molecule has 1 heterocycles. The Kier molecular flexibility index (Phi) is 3.66. The van der Waals surface area contributed by atoms with Crippen LogP contribution >= 0.6 is 11.6 Å². The van der Waals surface area contributed by atoms with Gasteiger partial charge in [0.25, 0.3) is 0 Å². The molecule has 0 atom stereocenters. The fourth-order valence-electron chi connectivity index (χ4n) is 1.47. The van der Waals surface area contributed by atoms with Crippen molar-refractivity contribution in [3.63, 3.8) is 0 Å². The SMILES string of the molecule is CNc1cccc(Nc2ccc(C#N)cc2Cl)n1. The smallest absolute Gasteiger partial charge is 0.132 e. The maximum absolute atomic E-state index is 8.76. The van der Waals surface area contributed by atoms with E-state index in [0.29, 0.717) is 16.4 Å². The number of hydrogen-bond acceptors (Lipinski definition) is 4. The number of nitrogens with zero attached hydrogens (tertiary/aromatic N) is 2. The van der Waals surface area contributed by atoms with Crippen molar-refractivity contribution in [1.29, 1.82) is 5.26 Å². The van der Waals surface area contributed by atoms with E-state index in [4.69, 9.17) is 16.9 Å². The number of benzene rings is 1. The summed E-state index contributed by atoms with van der Waals surface area (Å²) in [6.45, 7) is 0. The molecule has 2 rings (SSSR count). The predicted molar refractivity (Wildman–Crippen MR) is 73.2 cm³/mol. The lowest BCUT2D eigenvalue weighted by atomic mass is 10.2. The first kappa shape index (κ1) is 12.2. The van der Waals surface area contributed by atoms with Gasteiger partial charge in [0.1, 0.15) is 11.6 Å². The van der Waals surface area contributed by atoms with Crippen molar-refractivity contribution in [3.05, 3.63) is 47.0 Å². The quantitative estimate of drug-likeness (QED) is 0.886. The van der Waals surface area contributed by atoms with Crippen LogP contribution in [0.15, 0.2) is 36.4 Å². The van der Waals surface area contributed by atoms with Crippen molar-refractivity contribution in [2.75, 3.05) is 17.7 Å². The second-order valence-corrected chi connectivity index (χ2v) is 4.00. The second-order valence-electron chi connectivity index (χ2n) is 3.59. The van der Waals surface area contributed by atoms with E-state index in [9.17, 15) is 0 Å². The Morgan fingerprint density at radius 2 is 2.00 bits per heavy atom. The minimum Gasteiger partial charge on any atom is -0.373 e. The van der Waals surface area contributed by atoms with Gasteiger partial charge in [0.05, 0.1) is 22.3 Å². The Morgan fingerprint density at radius 1 is 1.22 bits per heavy atom. The maximum Gasteiger partial charge on any atom is 0.132 e. The van der Waals surface area contributed by atoms with Gasteiger partial charge in [-0.3, -0.25) is 0 Å². The molecule has 0 amide bonds. The standard InChI is InChI=1S/C13H11ClN4/c1-16-12-3-2-4-13(18-12)17-11-6-5-9(8-15)7-10(11)14/h2-7H,1H3,(H2,16,17,18). The predicted octanol–water partition coefficient (Wildman–Crippen LogP) is 3.39. The number of hydrogen-bond donors (Lipinski definition) is 2. The number of anilines is 3. The van der Waals surface area contributed by atoms with E-state index < -0.39 is 0 Å². The van der Waals surface area contributed by atoms with Gasteiger partial charge in [-0.05, 0) is 30.3 Å². The van der Waals surface area contributed by atoms with Crippen LogP contribution in [0.3, 0.4) is 0 Å². The van der Waals surface area contributed by atoms with Crippen molar-refractivity contribution < 1.29 is 0 Å². The van der Waals surface area contributed by atoms with Crippen molar-refractivity contribution in [1.82, 2.24) is 4.98 Å². The number of rotatable bonds is 3. The molecule has 0 aliphatic carbocycles. The molecule has 2 aromatic rings. The van der Waals surface area contributed by atoms with Crippen LogP contribution in [0.1, 0.15) is 5.56 Å². The van der Waals surface area contributed by atoms with Gasteiger partial charge in [-0.25, -0.2) is 4.98 Å². The van der Waals surface area contributed by atoms with Crippen LogP contribution < -0.4 is 10.6 Å². The lowest BCUT2D eigenvalue weighted by Crippen LogP contribution is -1.97. The molecule has 0 radical (unpaired) electrons. The number of halogens is 1. The molecule has 4 nitrogen and oxygen atoms in total. The van der Waals surface area contributed by atoms with Gasteiger partial charge >= 0.3 is 0 Å². The van der Waals surface area contributed by atoms with Crippen molar-refractivity contribution in [2.24, 2.45) is 0 Å². The van der Waals surface area contributed by atoms with E-state index in [1.807, 2.05) is 24.3 Å². The number of nitriles is 1. The normalized spacial score (nSPS) is 9.61. The van der Waals surface area contributed by atoms with Crippen molar-refractivity contribution in [3.8, 4) is 6.07 Å². The molecule has 0 unspecified atom stereocenters. The molecular weight excluding hydrogens is 248 g/mol. The molecule has 1 aromatic carbocycles. The van der Waals surface area contributed by atoms with E-state index in [-0.39, 0.29) is 0 Å². The van der Waals surface area contributed by atoms with Gasteiger partial charge < -0.3 is 10.6 Å². The molecule has 0 aliphatic heterocycles. The molecule has 0 aliphatic rings. The average Bonchev–Trinajstić information content (AvgIpc) is 2.41. The third kappa shape index (κ3) is 2.70. The summed E-state index contributed by atoms with van der Waals surface area (Å²) in [5.41, 5.74) is 1.25. The van der Waals surface area contributed by atoms with Gasteiger partial charge in [0.2, 0.25) is 0 Å². The topological polar surface area (TPSA) is 60.7 Å². The molecular formula is C13H11ClN4. The fourth-order valence-corrected chi connectivity index (χ4v) is 1.70. The molecule has 0 bridgehead atoms. The van der Waals surface area contributed by atoms with Crippen LogP contribution in [-0.4, -0.2) is 12.0 Å². The van der Waals surface area contributed by atoms with Crippen LogP contribution in [0.2, 0.25) is 5.02 Å². The van der Waals surface area contributed by atoms with E-state index in [1.54, 1.807) is 25.2 Å². The zero-order chi connectivity index (χ0) is 13.0. The van der Waals surface area contributed by atoms with Gasteiger partial charge in [-0.1, -0.05) is 17.7 Å². The van der Waals surface area contributed by atoms with Gasteiger partial charge in [0.15, 0.2) is 0 Å². The van der Waals surface area contributed by atoms with Crippen LogP contribution in [0, 0.1) is 11.3 Å². The Morgan fingerprint density at radius 3 is 2.67 bits per heavy atom. The zero-order valence-electron chi connectivity index (χ0n) is 9.74. The third-order valence-corrected chi connectivity index (χ3v) is 2.68. The Labute approximate surface area is 110 Å². The largest absolute Gasteiger partial charge is 0.373 e. The molecule has 5 heteroatoms. The molecule has 0 saturated heterocycles. The molecule has 0 spiro atoms. The first-order chi connectivity index (χ1) is 8.72. The second kappa shape index (κ2) is 5.39. The van der Waals surface area contributed by atoms with Crippen LogP contribution in [0.25, 0.3) is 0 Å². The number of pyridine rings is 1. The first-order valence-electron chi connectivity index (χ1n) is 5.34. The molecule has 0 fully saturated rings. The summed E-state index contributed by atoms with van der Waals surface area (Å²) in [5.74, 6) is 1.46. The highest BCUT2D eigenvalue weighted by Gasteiger charge is 2.03. The van der Waals surface area contributed by atoms with Gasteiger partial charge in [-0.15, -0.1) is 0 Å². The lowest BCUT2D eigenvalue weighted by molar-refractivity contribution is 1.28. The first-order valence-corrected chi connectivity index (χ1v) is 5.72. The summed E-state index contributed by atoms with van der Waals surface area (Å²) < 4.78 is 0. The molecule has 0 saturated carbocycles. The summed E-state index contributed by atoms with van der Waals surface area (Å²) in [5, 5.41) is 15.3. The molecule has 2 N–H and O–H groups in total. The summed E-state index contributed by atoms with van der Waals surface area (Å²) in [6, 6.07) is 12.7. The number of nitrogens with one attached hydrogen (secondary N) is 2. The van der Waals surface area contributed by atoms with E-state index >= 15 is 0 Å². The Hall–Kier alpha value is -2.25. The highest BCUT2D eigenvalue weighted by Crippen LogP contribution is 2.25. The lowest BCUT2D eigenvalue weighted by Gasteiger charge is -2.09. The monoisotopic (exact) mass is 258 g/mol. The van der Waals surface area contributed by atoms with Gasteiger partial charge in [-0.2, -0.15) is 5.26 Å². The molecule has 18 heavy (non-hydrogen) atoms. The summed E-state index contributed by atoms with van der Waals surface area (Å²) in [6.07, 6.45) is 0. The summed E-state index contributed by atoms with van der Waals surface area (Å²) >= 11 is 6.07. The van der Waals surface area contributed by atoms with E-state index in [1.165, 1.54) is 0 Å².